The molecule has 4 rings (SSSR count). The van der Waals surface area contributed by atoms with E-state index >= 15 is 0 Å². The number of benzene rings is 1. The standard InChI is InChI=1S/C19H17ClFN5O2/c20-14-3-1-2-13(18(14)21)8-23-19(28)15-5-7-25(15)17(27)11-26-16-10-22-6-4-12(16)9-24-26/h1-4,6,9-10,15H,5,7-8,11H2,(H,23,28)/t15-/m0/s1. The van der Waals surface area contributed by atoms with E-state index in [0.29, 0.717) is 18.5 Å². The Morgan fingerprint density at radius 2 is 2.14 bits per heavy atom. The van der Waals surface area contributed by atoms with Crippen LogP contribution >= 0.6 is 11.6 Å². The maximum atomic E-state index is 13.9. The summed E-state index contributed by atoms with van der Waals surface area (Å²) in [6, 6.07) is 5.88. The highest BCUT2D eigenvalue weighted by molar-refractivity contribution is 6.30. The smallest absolute Gasteiger partial charge is 0.245 e. The van der Waals surface area contributed by atoms with Crippen molar-refractivity contribution in [3.8, 4) is 0 Å². The molecule has 1 aromatic carbocycles. The predicted octanol–water partition coefficient (Wildman–Crippen LogP) is 2.14. The molecule has 2 aromatic heterocycles. The molecule has 28 heavy (non-hydrogen) atoms. The van der Waals surface area contributed by atoms with Crippen molar-refractivity contribution < 1.29 is 14.0 Å². The van der Waals surface area contributed by atoms with Crippen molar-refractivity contribution in [1.82, 2.24) is 25.0 Å². The minimum absolute atomic E-state index is 0.00753. The Labute approximate surface area is 165 Å². The van der Waals surface area contributed by atoms with Gasteiger partial charge in [0.2, 0.25) is 11.8 Å². The van der Waals surface area contributed by atoms with Crippen LogP contribution in [0, 0.1) is 5.82 Å². The summed E-state index contributed by atoms with van der Waals surface area (Å²) in [5.74, 6) is -1.06. The molecule has 0 spiro atoms. The SMILES string of the molecule is O=C(NCc1cccc(Cl)c1F)[C@@H]1CCN1C(=O)Cn1ncc2ccncc21. The summed E-state index contributed by atoms with van der Waals surface area (Å²) in [5, 5.41) is 7.79. The third-order valence-corrected chi connectivity index (χ3v) is 5.15. The van der Waals surface area contributed by atoms with Gasteiger partial charge in [0.05, 0.1) is 22.9 Å². The van der Waals surface area contributed by atoms with Crippen LogP contribution in [0.4, 0.5) is 4.39 Å². The maximum absolute atomic E-state index is 13.9. The molecule has 1 fully saturated rings. The molecule has 1 aliphatic heterocycles. The number of nitrogens with one attached hydrogen (secondary N) is 1. The topological polar surface area (TPSA) is 80.1 Å². The Morgan fingerprint density at radius 1 is 1.29 bits per heavy atom. The summed E-state index contributed by atoms with van der Waals surface area (Å²) >= 11 is 5.75. The molecular formula is C19H17ClFN5O2. The quantitative estimate of drug-likeness (QED) is 0.710. The molecule has 0 radical (unpaired) electrons. The first-order chi connectivity index (χ1) is 13.5. The maximum Gasteiger partial charge on any atom is 0.245 e. The average Bonchev–Trinajstić information content (AvgIpc) is 3.05. The number of amides is 2. The molecule has 0 unspecified atom stereocenters. The van der Waals surface area contributed by atoms with Gasteiger partial charge in [-0.1, -0.05) is 23.7 Å². The van der Waals surface area contributed by atoms with E-state index in [0.717, 1.165) is 10.9 Å². The number of hydrogen-bond acceptors (Lipinski definition) is 4. The van der Waals surface area contributed by atoms with Crippen molar-refractivity contribution in [3.63, 3.8) is 0 Å². The van der Waals surface area contributed by atoms with E-state index in [1.165, 1.54) is 11.0 Å². The summed E-state index contributed by atoms with van der Waals surface area (Å²) in [6.45, 7) is 0.543. The van der Waals surface area contributed by atoms with Gasteiger partial charge < -0.3 is 10.2 Å². The van der Waals surface area contributed by atoms with E-state index < -0.39 is 11.9 Å². The molecule has 1 saturated heterocycles. The molecule has 3 heterocycles. The number of aromatic nitrogens is 3. The monoisotopic (exact) mass is 401 g/mol. The fraction of sp³-hybridized carbons (Fsp3) is 0.263. The molecule has 0 saturated carbocycles. The second-order valence-electron chi connectivity index (χ2n) is 6.56. The van der Waals surface area contributed by atoms with Gasteiger partial charge in [-0.3, -0.25) is 19.3 Å². The molecule has 3 aromatic rings. The Bertz CT molecular complexity index is 1050. The summed E-state index contributed by atoms with van der Waals surface area (Å²) in [5.41, 5.74) is 1.06. The number of likely N-dealkylation sites (tertiary alicyclic amines) is 1. The van der Waals surface area contributed by atoms with E-state index in [2.05, 4.69) is 15.4 Å². The van der Waals surface area contributed by atoms with Gasteiger partial charge in [0.1, 0.15) is 18.4 Å². The summed E-state index contributed by atoms with van der Waals surface area (Å²) in [7, 11) is 0. The van der Waals surface area contributed by atoms with Crippen LogP contribution in [0.25, 0.3) is 10.9 Å². The Balaban J connectivity index is 1.38. The average molecular weight is 402 g/mol. The van der Waals surface area contributed by atoms with Crippen molar-refractivity contribution in [1.29, 1.82) is 0 Å². The molecule has 0 aliphatic carbocycles. The lowest BCUT2D eigenvalue weighted by Crippen LogP contribution is -2.58. The van der Waals surface area contributed by atoms with Crippen LogP contribution in [-0.4, -0.2) is 44.1 Å². The minimum Gasteiger partial charge on any atom is -0.350 e. The molecule has 1 N–H and O–H groups in total. The molecule has 7 nitrogen and oxygen atoms in total. The highest BCUT2D eigenvalue weighted by Gasteiger charge is 2.37. The van der Waals surface area contributed by atoms with Crippen molar-refractivity contribution in [3.05, 3.63) is 59.3 Å². The van der Waals surface area contributed by atoms with Crippen LogP contribution in [0.5, 0.6) is 0 Å². The number of carbonyl (C=O) groups excluding carboxylic acids is 2. The molecule has 1 atom stereocenters. The van der Waals surface area contributed by atoms with Gasteiger partial charge in [0.15, 0.2) is 0 Å². The van der Waals surface area contributed by atoms with E-state index in [4.69, 9.17) is 11.6 Å². The Hall–Kier alpha value is -3.00. The van der Waals surface area contributed by atoms with Crippen LogP contribution in [0.2, 0.25) is 5.02 Å². The zero-order valence-corrected chi connectivity index (χ0v) is 15.6. The summed E-state index contributed by atoms with van der Waals surface area (Å²) < 4.78 is 15.5. The highest BCUT2D eigenvalue weighted by Crippen LogP contribution is 2.21. The van der Waals surface area contributed by atoms with E-state index in [9.17, 15) is 14.0 Å². The number of rotatable bonds is 5. The lowest BCUT2D eigenvalue weighted by Gasteiger charge is -2.39. The van der Waals surface area contributed by atoms with E-state index in [1.54, 1.807) is 35.4 Å². The summed E-state index contributed by atoms with van der Waals surface area (Å²) in [4.78, 5) is 30.6. The summed E-state index contributed by atoms with van der Waals surface area (Å²) in [6.07, 6.45) is 5.55. The number of pyridine rings is 1. The van der Waals surface area contributed by atoms with E-state index in [1.807, 2.05) is 6.07 Å². The molecule has 144 valence electrons. The zero-order valence-electron chi connectivity index (χ0n) is 14.8. The van der Waals surface area contributed by atoms with Crippen molar-refractivity contribution in [2.24, 2.45) is 0 Å². The number of nitrogens with zero attached hydrogens (tertiary/aromatic N) is 4. The van der Waals surface area contributed by atoms with Crippen LogP contribution in [0.1, 0.15) is 12.0 Å². The minimum atomic E-state index is -0.560. The van der Waals surface area contributed by atoms with Crippen molar-refractivity contribution >= 4 is 34.3 Å². The molecule has 2 amide bonds. The zero-order chi connectivity index (χ0) is 19.7. The highest BCUT2D eigenvalue weighted by atomic mass is 35.5. The third kappa shape index (κ3) is 3.43. The molecule has 9 heteroatoms. The fourth-order valence-corrected chi connectivity index (χ4v) is 3.40. The Morgan fingerprint density at radius 3 is 2.93 bits per heavy atom. The number of fused-ring (bicyclic) bond motifs is 1. The Kier molecular flexibility index (Phi) is 4.95. The number of halogens is 2. The van der Waals surface area contributed by atoms with E-state index in [-0.39, 0.29) is 29.9 Å². The van der Waals surface area contributed by atoms with Gasteiger partial charge in [-0.05, 0) is 18.6 Å². The van der Waals surface area contributed by atoms with Crippen molar-refractivity contribution in [2.45, 2.75) is 25.6 Å². The number of carbonyl (C=O) groups is 2. The van der Waals surface area contributed by atoms with Gasteiger partial charge in [0.25, 0.3) is 0 Å². The van der Waals surface area contributed by atoms with Crippen LogP contribution < -0.4 is 5.32 Å². The first-order valence-corrected chi connectivity index (χ1v) is 9.18. The van der Waals surface area contributed by atoms with Gasteiger partial charge >= 0.3 is 0 Å². The fourth-order valence-electron chi connectivity index (χ4n) is 3.20. The van der Waals surface area contributed by atoms with Crippen LogP contribution in [-0.2, 0) is 22.7 Å². The largest absolute Gasteiger partial charge is 0.350 e. The second kappa shape index (κ2) is 7.55. The molecule has 1 aliphatic rings. The van der Waals surface area contributed by atoms with Crippen LogP contribution in [0.15, 0.2) is 42.9 Å². The first kappa shape index (κ1) is 18.4. The van der Waals surface area contributed by atoms with Gasteiger partial charge in [-0.2, -0.15) is 5.10 Å². The van der Waals surface area contributed by atoms with Crippen LogP contribution in [0.3, 0.4) is 0 Å². The number of hydrogen-bond donors (Lipinski definition) is 1. The lowest BCUT2D eigenvalue weighted by molar-refractivity contribution is -0.148. The second-order valence-corrected chi connectivity index (χ2v) is 6.97. The lowest BCUT2D eigenvalue weighted by atomic mass is 10.0. The van der Waals surface area contributed by atoms with Crippen molar-refractivity contribution in [2.75, 3.05) is 6.54 Å². The van der Waals surface area contributed by atoms with Gasteiger partial charge in [0, 0.05) is 30.2 Å². The van der Waals surface area contributed by atoms with Gasteiger partial charge in [-0.15, -0.1) is 0 Å². The van der Waals surface area contributed by atoms with Gasteiger partial charge in [-0.25, -0.2) is 4.39 Å². The molecule has 0 bridgehead atoms. The molecular weight excluding hydrogens is 385 g/mol. The normalized spacial score (nSPS) is 16.1. The third-order valence-electron chi connectivity index (χ3n) is 4.86. The predicted molar refractivity (Wildman–Crippen MR) is 101 cm³/mol. The first-order valence-electron chi connectivity index (χ1n) is 8.80.